The van der Waals surface area contributed by atoms with Crippen molar-refractivity contribution in [3.05, 3.63) is 21.1 Å². The number of nitrogen functional groups attached to an aromatic ring is 1. The van der Waals surface area contributed by atoms with Crippen LogP contribution in [-0.4, -0.2) is 27.4 Å². The van der Waals surface area contributed by atoms with Crippen molar-refractivity contribution < 1.29 is 22.0 Å². The van der Waals surface area contributed by atoms with Gasteiger partial charge in [-0.3, -0.25) is 4.57 Å². The predicted octanol–water partition coefficient (Wildman–Crippen LogP) is 4.00. The zero-order valence-corrected chi connectivity index (χ0v) is 14.3. The molecular formula is C13H14F5N3OS2. The van der Waals surface area contributed by atoms with E-state index in [9.17, 15) is 26.7 Å². The van der Waals surface area contributed by atoms with Crippen LogP contribution < -0.4 is 11.4 Å². The number of rotatable bonds is 5. The lowest BCUT2D eigenvalue weighted by Gasteiger charge is -2.19. The predicted molar refractivity (Wildman–Crippen MR) is 83.7 cm³/mol. The topological polar surface area (TPSA) is 60.9 Å². The van der Waals surface area contributed by atoms with Gasteiger partial charge in [-0.25, -0.2) is 4.79 Å². The average molecular weight is 387 g/mol. The van der Waals surface area contributed by atoms with Crippen molar-refractivity contribution >= 4 is 28.9 Å². The Balaban J connectivity index is 2.14. The van der Waals surface area contributed by atoms with E-state index in [-0.39, 0.29) is 18.0 Å². The zero-order chi connectivity index (χ0) is 18.3. The highest BCUT2D eigenvalue weighted by Crippen LogP contribution is 2.41. The number of nitrogens with two attached hydrogens (primary N) is 1. The molecule has 0 atom stereocenters. The molecule has 0 saturated carbocycles. The van der Waals surface area contributed by atoms with Crippen molar-refractivity contribution in [1.29, 1.82) is 0 Å². The molecule has 2 rings (SSSR count). The van der Waals surface area contributed by atoms with Gasteiger partial charge < -0.3 is 5.73 Å². The summed E-state index contributed by atoms with van der Waals surface area (Å²) >= 11 is 2.39. The molecule has 11 heteroatoms. The van der Waals surface area contributed by atoms with Gasteiger partial charge >= 0.3 is 17.8 Å². The molecule has 0 radical (unpaired) electrons. The molecule has 0 fully saturated rings. The Morgan fingerprint density at radius 3 is 2.46 bits per heavy atom. The van der Waals surface area contributed by atoms with E-state index in [2.05, 4.69) is 4.98 Å². The Bertz CT molecular complexity index is 768. The van der Waals surface area contributed by atoms with Crippen molar-refractivity contribution in [2.75, 3.05) is 11.5 Å². The van der Waals surface area contributed by atoms with Crippen molar-refractivity contribution in [2.45, 2.75) is 43.0 Å². The van der Waals surface area contributed by atoms with Gasteiger partial charge in [0, 0.05) is 17.0 Å². The average Bonchev–Trinajstić information content (AvgIpc) is 2.74. The summed E-state index contributed by atoms with van der Waals surface area (Å²) in [4.78, 5) is 16.3. The number of hydrogen-bond donors (Lipinski definition) is 1. The third-order valence-electron chi connectivity index (χ3n) is 3.44. The Morgan fingerprint density at radius 2 is 1.88 bits per heavy atom. The van der Waals surface area contributed by atoms with Gasteiger partial charge in [-0.2, -0.15) is 26.9 Å². The normalized spacial score (nSPS) is 13.0. The Hall–Kier alpha value is -1.36. The lowest BCUT2D eigenvalue weighted by Crippen LogP contribution is -2.36. The highest BCUT2D eigenvalue weighted by Gasteiger charge is 2.56. The molecule has 0 aromatic carbocycles. The first kappa shape index (κ1) is 19.0. The van der Waals surface area contributed by atoms with Gasteiger partial charge in [-0.05, 0) is 26.0 Å². The molecule has 24 heavy (non-hydrogen) atoms. The van der Waals surface area contributed by atoms with E-state index in [0.29, 0.717) is 15.6 Å². The first-order valence-corrected chi connectivity index (χ1v) is 8.61. The van der Waals surface area contributed by atoms with Crippen LogP contribution >= 0.6 is 23.1 Å². The summed E-state index contributed by atoms with van der Waals surface area (Å²) in [6.07, 6.45) is -7.15. The summed E-state index contributed by atoms with van der Waals surface area (Å²) in [7, 11) is 0. The van der Waals surface area contributed by atoms with Crippen molar-refractivity contribution in [3.8, 4) is 5.69 Å². The number of nitrogens with zero attached hydrogens (tertiary/aromatic N) is 2. The molecule has 2 aliphatic rings. The summed E-state index contributed by atoms with van der Waals surface area (Å²) in [6.45, 7) is 3.50. The lowest BCUT2D eigenvalue weighted by atomic mass is 10.2. The smallest absolute Gasteiger partial charge is 0.382 e. The molecule has 0 saturated heterocycles. The molecule has 0 aromatic rings. The molecule has 0 spiro atoms. The van der Waals surface area contributed by atoms with Crippen LogP contribution in [0.15, 0.2) is 9.00 Å². The van der Waals surface area contributed by atoms with Gasteiger partial charge in [0.2, 0.25) is 0 Å². The van der Waals surface area contributed by atoms with Crippen LogP contribution in [-0.2, 0) is 0 Å². The van der Waals surface area contributed by atoms with E-state index in [1.54, 1.807) is 13.8 Å². The molecule has 4 nitrogen and oxygen atoms in total. The van der Waals surface area contributed by atoms with Crippen LogP contribution in [0.2, 0.25) is 0 Å². The molecule has 2 heterocycles. The number of aryl methyl sites for hydroxylation is 1. The van der Waals surface area contributed by atoms with Crippen molar-refractivity contribution in [1.82, 2.24) is 9.55 Å². The third kappa shape index (κ3) is 3.51. The van der Waals surface area contributed by atoms with Gasteiger partial charge in [0.05, 0.1) is 4.21 Å². The maximum Gasteiger partial charge on any atom is 0.453 e. The first-order chi connectivity index (χ1) is 11.0. The first-order valence-electron chi connectivity index (χ1n) is 6.81. The van der Waals surface area contributed by atoms with E-state index in [0.717, 1.165) is 16.6 Å². The van der Waals surface area contributed by atoms with Crippen LogP contribution in [0.5, 0.6) is 0 Å². The molecule has 0 unspecified atom stereocenters. The van der Waals surface area contributed by atoms with Crippen molar-refractivity contribution in [2.24, 2.45) is 0 Å². The van der Waals surface area contributed by atoms with Crippen LogP contribution in [0, 0.1) is 13.8 Å². The summed E-state index contributed by atoms with van der Waals surface area (Å²) in [6, 6.07) is 0. The minimum absolute atomic E-state index is 0.0162. The summed E-state index contributed by atoms with van der Waals surface area (Å²) in [5.41, 5.74) is 6.22. The van der Waals surface area contributed by atoms with Crippen LogP contribution in [0.4, 0.5) is 27.8 Å². The highest BCUT2D eigenvalue weighted by molar-refractivity contribution is 8.01. The van der Waals surface area contributed by atoms with E-state index in [1.165, 1.54) is 15.9 Å². The second-order valence-electron chi connectivity index (χ2n) is 5.15. The maximum atomic E-state index is 12.9. The standard InChI is InChI=1S/C13H14F5N3OS2/c1-6-7(2)24-10(8-9(19)20-11(22)21(6)8)23-5-3-4-12(14,15)13(16,17)18/h3-5H2,1-2H3,(H2,19,20,22). The Morgan fingerprint density at radius 1 is 1.25 bits per heavy atom. The van der Waals surface area contributed by atoms with Crippen molar-refractivity contribution in [3.63, 3.8) is 0 Å². The van der Waals surface area contributed by atoms with Gasteiger partial charge in [-0.15, -0.1) is 23.1 Å². The lowest BCUT2D eigenvalue weighted by molar-refractivity contribution is -0.284. The minimum atomic E-state index is -5.54. The number of alkyl halides is 5. The van der Waals surface area contributed by atoms with Crippen LogP contribution in [0.25, 0.3) is 5.69 Å². The second-order valence-corrected chi connectivity index (χ2v) is 7.74. The SMILES string of the molecule is Cc1sc(SCCCC(F)(F)C(F)(F)F)c2c(N)nc(=O)n-2c1C. The molecular weight excluding hydrogens is 373 g/mol. The quantitative estimate of drug-likeness (QED) is 0.479. The molecule has 2 N–H and O–H groups in total. The number of halogens is 5. The van der Waals surface area contributed by atoms with Crippen LogP contribution in [0.1, 0.15) is 23.4 Å². The van der Waals surface area contributed by atoms with E-state index in [1.807, 2.05) is 0 Å². The summed E-state index contributed by atoms with van der Waals surface area (Å²) < 4.78 is 64.1. The number of hydrogen-bond acceptors (Lipinski definition) is 5. The van der Waals surface area contributed by atoms with Gasteiger partial charge in [0.1, 0.15) is 5.69 Å². The monoisotopic (exact) mass is 387 g/mol. The molecule has 2 aliphatic heterocycles. The Kier molecular flexibility index (Phi) is 5.14. The molecule has 0 aliphatic carbocycles. The zero-order valence-electron chi connectivity index (χ0n) is 12.7. The number of anilines is 1. The number of thioether (sulfide) groups is 1. The minimum Gasteiger partial charge on any atom is -0.382 e. The fourth-order valence-electron chi connectivity index (χ4n) is 2.04. The van der Waals surface area contributed by atoms with Gasteiger partial charge in [-0.1, -0.05) is 0 Å². The fourth-order valence-corrected chi connectivity index (χ4v) is 4.52. The van der Waals surface area contributed by atoms with E-state index in [4.69, 9.17) is 5.73 Å². The van der Waals surface area contributed by atoms with E-state index < -0.39 is 24.2 Å². The summed E-state index contributed by atoms with van der Waals surface area (Å²) in [5.74, 6) is -4.64. The van der Waals surface area contributed by atoms with Gasteiger partial charge in [0.25, 0.3) is 0 Å². The number of imidazole rings is 1. The van der Waals surface area contributed by atoms with Gasteiger partial charge in [0.15, 0.2) is 5.82 Å². The molecule has 0 aromatic heterocycles. The highest BCUT2D eigenvalue weighted by atomic mass is 32.2. The largest absolute Gasteiger partial charge is 0.453 e. The number of aromatic nitrogens is 2. The fraction of sp³-hybridized carbons (Fsp3) is 0.538. The molecule has 0 bridgehead atoms. The maximum absolute atomic E-state index is 12.9. The molecule has 134 valence electrons. The van der Waals surface area contributed by atoms with Crippen LogP contribution in [0.3, 0.4) is 0 Å². The molecule has 0 amide bonds. The summed E-state index contributed by atoms with van der Waals surface area (Å²) in [5, 5.41) is 0. The Labute approximate surface area is 142 Å². The third-order valence-corrected chi connectivity index (χ3v) is 5.97. The second kappa shape index (κ2) is 6.51. The van der Waals surface area contributed by atoms with E-state index >= 15 is 0 Å². The number of fused-ring (bicyclic) bond motifs is 1.